The lowest BCUT2D eigenvalue weighted by Crippen LogP contribution is -2.36. The fourth-order valence-corrected chi connectivity index (χ4v) is 8.14. The smallest absolute Gasteiger partial charge is 0.395 e. The molecule has 7 rings (SSSR count). The highest BCUT2D eigenvalue weighted by Crippen LogP contribution is 2.58. The molecule has 3 aliphatic rings. The average Bonchev–Trinajstić information content (AvgIpc) is 3.79. The Labute approximate surface area is 273 Å². The van der Waals surface area contributed by atoms with Crippen LogP contribution in [0.15, 0.2) is 29.7 Å². The van der Waals surface area contributed by atoms with E-state index in [1.54, 1.807) is 0 Å². The minimum atomic E-state index is -5.04. The van der Waals surface area contributed by atoms with E-state index < -0.39 is 82.5 Å². The number of anilines is 2. The summed E-state index contributed by atoms with van der Waals surface area (Å²) in [6.07, 6.45) is -7.93. The molecule has 22 nitrogen and oxygen atoms in total. The van der Waals surface area contributed by atoms with E-state index in [9.17, 15) is 29.0 Å². The van der Waals surface area contributed by atoms with Gasteiger partial charge in [0.2, 0.25) is 5.95 Å². The number of ether oxygens (including phenoxy) is 2. The summed E-state index contributed by atoms with van der Waals surface area (Å²) in [7, 11) is -5.04. The Hall–Kier alpha value is -3.02. The molecular formula is C23H29N9O13P2S. The van der Waals surface area contributed by atoms with Gasteiger partial charge in [-0.15, -0.1) is 0 Å². The van der Waals surface area contributed by atoms with Gasteiger partial charge in [-0.2, -0.15) is 4.98 Å². The number of nitrogens with one attached hydrogen (secondary N) is 2. The molecule has 260 valence electrons. The summed E-state index contributed by atoms with van der Waals surface area (Å²) in [5.74, 6) is 0.0776. The molecule has 6 unspecified atom stereocenters. The molecule has 0 spiro atoms. The quantitative estimate of drug-likeness (QED) is 0.0903. The van der Waals surface area contributed by atoms with Gasteiger partial charge in [-0.3, -0.25) is 32.4 Å². The van der Waals surface area contributed by atoms with E-state index in [-0.39, 0.29) is 41.3 Å². The van der Waals surface area contributed by atoms with Gasteiger partial charge in [0.1, 0.15) is 43.0 Å². The van der Waals surface area contributed by atoms with Crippen LogP contribution in [0.4, 0.5) is 11.8 Å². The number of phosphoric ester groups is 1. The van der Waals surface area contributed by atoms with Gasteiger partial charge in [0, 0.05) is 12.7 Å². The molecule has 4 aromatic rings. The number of rotatable bonds is 5. The number of H-pyrrole nitrogens is 1. The molecule has 3 fully saturated rings. The monoisotopic (exact) mass is 733 g/mol. The number of hydrogen-bond acceptors (Lipinski definition) is 18. The Bertz CT molecular complexity index is 2000. The van der Waals surface area contributed by atoms with Gasteiger partial charge in [0.25, 0.3) is 5.56 Å². The highest BCUT2D eigenvalue weighted by Gasteiger charge is 2.53. The minimum absolute atomic E-state index is 0.0339. The minimum Gasteiger partial charge on any atom is -0.395 e. The largest absolute Gasteiger partial charge is 0.472 e. The number of aromatic amines is 1. The highest BCUT2D eigenvalue weighted by molar-refractivity contribution is 8.44. The number of fused-ring (bicyclic) bond motifs is 5. The summed E-state index contributed by atoms with van der Waals surface area (Å²) < 4.78 is 63.0. The Kier molecular flexibility index (Phi) is 8.86. The number of nitrogen functional groups attached to an aromatic ring is 1. The molecule has 7 heterocycles. The second kappa shape index (κ2) is 12.7. The molecule has 3 aliphatic heterocycles. The van der Waals surface area contributed by atoms with Crippen molar-refractivity contribution in [2.45, 2.75) is 49.1 Å². The van der Waals surface area contributed by atoms with Crippen LogP contribution in [0, 0.1) is 0 Å². The summed E-state index contributed by atoms with van der Waals surface area (Å²) in [6, 6.07) is 1.41. The SMILES string of the molecule is Nc1nc2c(ccn2[C@@H]2O[C@@H]3COP(=O)(O)OC4C(O)[C@H](n5cnc6c(NCCO)ncnc65)O[C@@H]4COP(=O)(S)OC2C3O)c(=O)[nH]1. The van der Waals surface area contributed by atoms with Crippen molar-refractivity contribution in [3.8, 4) is 0 Å². The van der Waals surface area contributed by atoms with Crippen molar-refractivity contribution in [1.29, 1.82) is 0 Å². The molecule has 0 saturated carbocycles. The van der Waals surface area contributed by atoms with Crippen molar-refractivity contribution in [3.63, 3.8) is 0 Å². The van der Waals surface area contributed by atoms with Crippen LogP contribution in [0.2, 0.25) is 0 Å². The summed E-state index contributed by atoms with van der Waals surface area (Å²) in [6.45, 7) is -5.84. The van der Waals surface area contributed by atoms with Crippen LogP contribution < -0.4 is 16.6 Å². The number of phosphoric acid groups is 1. The van der Waals surface area contributed by atoms with Crippen LogP contribution in [0.5, 0.6) is 0 Å². The maximum absolute atomic E-state index is 13.6. The Morgan fingerprint density at radius 2 is 1.79 bits per heavy atom. The zero-order chi connectivity index (χ0) is 34.0. The van der Waals surface area contributed by atoms with E-state index in [0.29, 0.717) is 5.82 Å². The number of aromatic nitrogens is 7. The Morgan fingerprint density at radius 1 is 1.02 bits per heavy atom. The van der Waals surface area contributed by atoms with Crippen LogP contribution in [-0.4, -0.2) is 117 Å². The first-order valence-electron chi connectivity index (χ1n) is 14.2. The Morgan fingerprint density at radius 3 is 2.58 bits per heavy atom. The number of aliphatic hydroxyl groups is 3. The van der Waals surface area contributed by atoms with Gasteiger partial charge < -0.3 is 45.3 Å². The predicted octanol–water partition coefficient (Wildman–Crippen LogP) is -0.977. The lowest BCUT2D eigenvalue weighted by Gasteiger charge is -2.26. The van der Waals surface area contributed by atoms with Gasteiger partial charge in [-0.05, 0) is 6.07 Å². The third-order valence-corrected chi connectivity index (χ3v) is 10.4. The number of imidazole rings is 1. The normalized spacial score (nSPS) is 36.0. The van der Waals surface area contributed by atoms with Crippen molar-refractivity contribution in [2.75, 3.05) is 37.4 Å². The molecule has 10 atom stereocenters. The second-order valence-corrected chi connectivity index (χ2v) is 15.2. The first-order valence-corrected chi connectivity index (χ1v) is 18.4. The molecule has 0 radical (unpaired) electrons. The van der Waals surface area contributed by atoms with E-state index in [1.807, 2.05) is 0 Å². The van der Waals surface area contributed by atoms with Crippen LogP contribution in [0.3, 0.4) is 0 Å². The number of nitrogens with zero attached hydrogens (tertiary/aromatic N) is 6. The van der Waals surface area contributed by atoms with Crippen molar-refractivity contribution in [1.82, 2.24) is 34.1 Å². The third kappa shape index (κ3) is 6.15. The van der Waals surface area contributed by atoms with Crippen LogP contribution >= 0.6 is 26.9 Å². The first-order chi connectivity index (χ1) is 22.9. The van der Waals surface area contributed by atoms with Crippen LogP contribution in [-0.2, 0) is 36.7 Å². The van der Waals surface area contributed by atoms with E-state index in [0.717, 1.165) is 0 Å². The number of aliphatic hydroxyl groups excluding tert-OH is 3. The van der Waals surface area contributed by atoms with Crippen LogP contribution in [0.1, 0.15) is 12.5 Å². The summed E-state index contributed by atoms with van der Waals surface area (Å²) in [5.41, 5.74) is 5.66. The van der Waals surface area contributed by atoms with Crippen molar-refractivity contribution in [2.24, 2.45) is 0 Å². The molecule has 8 N–H and O–H groups in total. The second-order valence-electron chi connectivity index (χ2n) is 10.9. The topological polar surface area (TPSA) is 303 Å². The van der Waals surface area contributed by atoms with Crippen molar-refractivity contribution in [3.05, 3.63) is 35.3 Å². The number of hydrogen-bond donors (Lipinski definition) is 8. The fraction of sp³-hybridized carbons (Fsp3) is 0.522. The number of nitrogens with two attached hydrogens (primary N) is 1. The number of thiol groups is 1. The maximum atomic E-state index is 13.6. The molecular weight excluding hydrogens is 704 g/mol. The van der Waals surface area contributed by atoms with E-state index in [4.69, 9.17) is 38.4 Å². The average molecular weight is 734 g/mol. The highest BCUT2D eigenvalue weighted by atomic mass is 32.7. The lowest BCUT2D eigenvalue weighted by molar-refractivity contribution is -0.0618. The molecule has 0 amide bonds. The van der Waals surface area contributed by atoms with Crippen LogP contribution in [0.25, 0.3) is 22.2 Å². The summed E-state index contributed by atoms with van der Waals surface area (Å²) in [5, 5.41) is 34.6. The van der Waals surface area contributed by atoms with E-state index >= 15 is 0 Å². The Balaban J connectivity index is 1.19. The van der Waals surface area contributed by atoms with E-state index in [1.165, 1.54) is 34.1 Å². The van der Waals surface area contributed by atoms with Gasteiger partial charge in [0.15, 0.2) is 35.1 Å². The van der Waals surface area contributed by atoms with Gasteiger partial charge >= 0.3 is 14.6 Å². The zero-order valence-corrected chi connectivity index (χ0v) is 27.0. The zero-order valence-electron chi connectivity index (χ0n) is 24.3. The van der Waals surface area contributed by atoms with Crippen molar-refractivity contribution >= 4 is 60.8 Å². The van der Waals surface area contributed by atoms with Gasteiger partial charge in [0.05, 0.1) is 31.5 Å². The predicted molar refractivity (Wildman–Crippen MR) is 164 cm³/mol. The first kappa shape index (κ1) is 33.5. The van der Waals surface area contributed by atoms with Gasteiger partial charge in [-0.1, -0.05) is 12.2 Å². The van der Waals surface area contributed by atoms with E-state index in [2.05, 4.69) is 42.5 Å². The maximum Gasteiger partial charge on any atom is 0.472 e. The molecule has 2 bridgehead atoms. The summed E-state index contributed by atoms with van der Waals surface area (Å²) in [4.78, 5) is 42.1. The molecule has 25 heteroatoms. The fourth-order valence-electron chi connectivity index (χ4n) is 5.72. The lowest BCUT2D eigenvalue weighted by atomic mass is 10.1. The molecule has 0 aliphatic carbocycles. The standard InChI is InChI=1S/C23H29N9O13P2S/c24-23-29-18-9(20(36)30-23)1-3-31(18)22-16-13(34)10(42-22)5-40-46(37,38)44-15-11(6-41-47(39,48)45-16)43-21(14(15)35)32-8-28-12-17(25-2-4-33)26-7-27-19(12)32/h1,3,7-8,10-11,13-16,21-22,33-35H,2,4-6H2,(H,37,38)(H,39,48)(H,25,26,27)(H3,24,29,30,36)/t10-,11-,13?,14?,15?,16?,21-,22-,47?/m1/s1. The summed E-state index contributed by atoms with van der Waals surface area (Å²) >= 11 is 4.07. The molecule has 3 saturated heterocycles. The van der Waals surface area contributed by atoms with Gasteiger partial charge in [-0.25, -0.2) is 24.1 Å². The third-order valence-electron chi connectivity index (χ3n) is 7.85. The molecule has 4 aromatic heterocycles. The molecule has 0 aromatic carbocycles. The molecule has 48 heavy (non-hydrogen) atoms. The van der Waals surface area contributed by atoms with Crippen molar-refractivity contribution < 1.29 is 56.9 Å².